The van der Waals surface area contributed by atoms with E-state index in [-0.39, 0.29) is 35.9 Å². The molecule has 2 amide bonds. The van der Waals surface area contributed by atoms with Crippen LogP contribution in [0.4, 0.5) is 21.1 Å². The topological polar surface area (TPSA) is 116 Å². The monoisotopic (exact) mass is 545 g/mol. The van der Waals surface area contributed by atoms with E-state index in [1.807, 2.05) is 0 Å². The molecule has 0 aliphatic carbocycles. The third kappa shape index (κ3) is 7.34. The lowest BCUT2D eigenvalue weighted by atomic mass is 10.1. The Morgan fingerprint density at radius 2 is 1.58 bits per heavy atom. The minimum absolute atomic E-state index is 0.0842. The van der Waals surface area contributed by atoms with Gasteiger partial charge in [0.05, 0.1) is 5.69 Å². The summed E-state index contributed by atoms with van der Waals surface area (Å²) in [5.41, 5.74) is 0.390. The van der Waals surface area contributed by atoms with Crippen LogP contribution >= 0.6 is 11.6 Å². The van der Waals surface area contributed by atoms with E-state index in [0.29, 0.717) is 11.3 Å². The number of allylic oxidation sites excluding steroid dienone is 1. The van der Waals surface area contributed by atoms with Gasteiger partial charge >= 0.3 is 12.2 Å². The van der Waals surface area contributed by atoms with Gasteiger partial charge in [0.2, 0.25) is 11.0 Å². The van der Waals surface area contributed by atoms with Crippen LogP contribution in [0.5, 0.6) is 11.6 Å². The maximum absolute atomic E-state index is 13.4. The standard InChI is InChI=1S/C26H32ClN5O6/c1-16(15-31(28-8)23(33)37-25(2,3)4)17-9-11-18(12-10-17)32(24(34)38-26(5,6)7)20-19-21(30-22(27)29-20)36-14-13-35-19/h9-12,15H,8,13-14H2,1-7H3/b16-15+. The quantitative estimate of drug-likeness (QED) is 0.248. The summed E-state index contributed by atoms with van der Waals surface area (Å²) in [6.07, 6.45) is 0.149. The van der Waals surface area contributed by atoms with E-state index in [4.69, 9.17) is 30.5 Å². The maximum atomic E-state index is 13.4. The van der Waals surface area contributed by atoms with E-state index in [1.54, 1.807) is 72.7 Å². The van der Waals surface area contributed by atoms with Gasteiger partial charge in [-0.05, 0) is 83.3 Å². The van der Waals surface area contributed by atoms with Crippen molar-refractivity contribution in [3.05, 3.63) is 41.3 Å². The Balaban J connectivity index is 1.99. The molecular weight excluding hydrogens is 514 g/mol. The predicted octanol–water partition coefficient (Wildman–Crippen LogP) is 6.19. The molecule has 1 aromatic carbocycles. The lowest BCUT2D eigenvalue weighted by Gasteiger charge is -2.29. The summed E-state index contributed by atoms with van der Waals surface area (Å²) in [5, 5.41) is 4.64. The molecule has 1 aliphatic rings. The van der Waals surface area contributed by atoms with Crippen LogP contribution in [0.2, 0.25) is 5.28 Å². The number of fused-ring (bicyclic) bond motifs is 1. The van der Waals surface area contributed by atoms with Crippen molar-refractivity contribution >= 4 is 47.6 Å². The van der Waals surface area contributed by atoms with Crippen molar-refractivity contribution < 1.29 is 28.5 Å². The Bertz CT molecular complexity index is 1230. The molecule has 38 heavy (non-hydrogen) atoms. The average Bonchev–Trinajstić information content (AvgIpc) is 2.80. The molecule has 0 saturated carbocycles. The van der Waals surface area contributed by atoms with E-state index < -0.39 is 23.4 Å². The van der Waals surface area contributed by atoms with Crippen LogP contribution in [-0.2, 0) is 9.47 Å². The second kappa shape index (κ2) is 11.3. The highest BCUT2D eigenvalue weighted by molar-refractivity contribution is 6.28. The number of halogens is 1. The van der Waals surface area contributed by atoms with Gasteiger partial charge in [-0.25, -0.2) is 14.5 Å². The van der Waals surface area contributed by atoms with Gasteiger partial charge in [0, 0.05) is 12.9 Å². The van der Waals surface area contributed by atoms with Crippen molar-refractivity contribution in [3.63, 3.8) is 0 Å². The molecule has 0 bridgehead atoms. The zero-order valence-electron chi connectivity index (χ0n) is 22.6. The summed E-state index contributed by atoms with van der Waals surface area (Å²) < 4.78 is 22.3. The van der Waals surface area contributed by atoms with E-state index in [9.17, 15) is 9.59 Å². The Labute approximate surface area is 227 Å². The molecule has 0 fully saturated rings. The third-order valence-electron chi connectivity index (χ3n) is 4.78. The van der Waals surface area contributed by atoms with Crippen LogP contribution in [-0.4, -0.2) is 58.3 Å². The fraction of sp³-hybridized carbons (Fsp3) is 0.423. The first kappa shape index (κ1) is 28.7. The molecule has 0 N–H and O–H groups in total. The zero-order chi connectivity index (χ0) is 28.3. The van der Waals surface area contributed by atoms with E-state index in [1.165, 1.54) is 11.1 Å². The second-order valence-electron chi connectivity index (χ2n) is 10.3. The van der Waals surface area contributed by atoms with Crippen molar-refractivity contribution in [3.8, 4) is 11.6 Å². The third-order valence-corrected chi connectivity index (χ3v) is 4.94. The first-order valence-electron chi connectivity index (χ1n) is 11.8. The Kier molecular flexibility index (Phi) is 8.51. The lowest BCUT2D eigenvalue weighted by molar-refractivity contribution is 0.0341. The fourth-order valence-corrected chi connectivity index (χ4v) is 3.42. The Hall–Kier alpha value is -3.86. The minimum atomic E-state index is -0.786. The van der Waals surface area contributed by atoms with Gasteiger partial charge in [-0.2, -0.15) is 20.1 Å². The number of nitrogens with zero attached hydrogens (tertiary/aromatic N) is 5. The first-order chi connectivity index (χ1) is 17.7. The normalized spacial score (nSPS) is 13.4. The molecule has 11 nitrogen and oxygen atoms in total. The van der Waals surface area contributed by atoms with Crippen LogP contribution in [0.1, 0.15) is 54.0 Å². The molecule has 1 aromatic heterocycles. The van der Waals surface area contributed by atoms with Crippen molar-refractivity contribution in [1.29, 1.82) is 0 Å². The summed E-state index contributed by atoms with van der Waals surface area (Å²) in [6, 6.07) is 6.92. The largest absolute Gasteiger partial charge is 0.482 e. The number of rotatable bonds is 5. The Morgan fingerprint density at radius 1 is 1.00 bits per heavy atom. The van der Waals surface area contributed by atoms with Gasteiger partial charge < -0.3 is 18.9 Å². The van der Waals surface area contributed by atoms with Crippen molar-refractivity contribution in [1.82, 2.24) is 15.0 Å². The second-order valence-corrected chi connectivity index (χ2v) is 10.6. The lowest BCUT2D eigenvalue weighted by Crippen LogP contribution is -2.35. The van der Waals surface area contributed by atoms with E-state index in [0.717, 1.165) is 10.6 Å². The van der Waals surface area contributed by atoms with Crippen LogP contribution in [0.15, 0.2) is 35.6 Å². The van der Waals surface area contributed by atoms with Gasteiger partial charge in [-0.1, -0.05) is 12.1 Å². The summed E-state index contributed by atoms with van der Waals surface area (Å²) in [5.74, 6) is 0.395. The molecule has 2 aromatic rings. The molecule has 204 valence electrons. The number of carbonyl (C=O) groups excluding carboxylic acids is 2. The maximum Gasteiger partial charge on any atom is 0.435 e. The molecule has 1 aliphatic heterocycles. The Morgan fingerprint density at radius 3 is 2.16 bits per heavy atom. The van der Waals surface area contributed by atoms with Crippen LogP contribution in [0.3, 0.4) is 0 Å². The molecular formula is C26H32ClN5O6. The smallest absolute Gasteiger partial charge is 0.435 e. The average molecular weight is 546 g/mol. The molecule has 2 heterocycles. The molecule has 0 unspecified atom stereocenters. The van der Waals surface area contributed by atoms with Crippen molar-refractivity contribution in [2.45, 2.75) is 59.7 Å². The van der Waals surface area contributed by atoms with Gasteiger partial charge in [-0.15, -0.1) is 0 Å². The number of hydrogen-bond donors (Lipinski definition) is 0. The number of aromatic nitrogens is 2. The number of hydrazone groups is 1. The summed E-state index contributed by atoms with van der Waals surface area (Å²) in [6.45, 7) is 16.3. The summed E-state index contributed by atoms with van der Waals surface area (Å²) >= 11 is 6.15. The fourth-order valence-electron chi connectivity index (χ4n) is 3.26. The molecule has 0 radical (unpaired) electrons. The van der Waals surface area contributed by atoms with Crippen LogP contribution in [0.25, 0.3) is 5.57 Å². The van der Waals surface area contributed by atoms with E-state index >= 15 is 0 Å². The predicted molar refractivity (Wildman–Crippen MR) is 144 cm³/mol. The molecule has 0 spiro atoms. The van der Waals surface area contributed by atoms with Gasteiger partial charge in [-0.3, -0.25) is 0 Å². The number of amides is 2. The molecule has 0 saturated heterocycles. The van der Waals surface area contributed by atoms with E-state index in [2.05, 4.69) is 21.8 Å². The van der Waals surface area contributed by atoms with Crippen molar-refractivity contribution in [2.75, 3.05) is 18.1 Å². The summed E-state index contributed by atoms with van der Waals surface area (Å²) in [7, 11) is 0. The highest BCUT2D eigenvalue weighted by Gasteiger charge is 2.32. The molecule has 12 heteroatoms. The SMILES string of the molecule is C=NN(/C=C(\C)c1ccc(N(C(=O)OC(C)(C)C)c2nc(Cl)nc3c2OCCO3)cc1)C(=O)OC(C)(C)C. The van der Waals surface area contributed by atoms with Crippen LogP contribution in [0, 0.1) is 0 Å². The highest BCUT2D eigenvalue weighted by atomic mass is 35.5. The van der Waals surface area contributed by atoms with Gasteiger partial charge in [0.1, 0.15) is 24.4 Å². The first-order valence-corrected chi connectivity index (χ1v) is 12.2. The molecule has 0 atom stereocenters. The highest BCUT2D eigenvalue weighted by Crippen LogP contribution is 2.41. The zero-order valence-corrected chi connectivity index (χ0v) is 23.3. The summed E-state index contributed by atoms with van der Waals surface area (Å²) in [4.78, 5) is 35.3. The van der Waals surface area contributed by atoms with Gasteiger partial charge in [0.25, 0.3) is 5.88 Å². The number of hydrogen-bond acceptors (Lipinski definition) is 9. The minimum Gasteiger partial charge on any atom is -0.482 e. The van der Waals surface area contributed by atoms with Gasteiger partial charge in [0.15, 0.2) is 5.82 Å². The number of anilines is 2. The van der Waals surface area contributed by atoms with Crippen LogP contribution < -0.4 is 14.4 Å². The number of carbonyl (C=O) groups is 2. The number of benzene rings is 1. The molecule has 3 rings (SSSR count). The van der Waals surface area contributed by atoms with Crippen molar-refractivity contribution in [2.24, 2.45) is 5.10 Å². The number of ether oxygens (including phenoxy) is 4.